The smallest absolute Gasteiger partial charge is 0.0528 e. The average Bonchev–Trinajstić information content (AvgIpc) is 2.25. The molecule has 0 saturated heterocycles. The summed E-state index contributed by atoms with van der Waals surface area (Å²) in [6.07, 6.45) is 0. The van der Waals surface area contributed by atoms with E-state index in [1.54, 1.807) is 0 Å². The minimum absolute atomic E-state index is 0.732. The van der Waals surface area contributed by atoms with Crippen LogP contribution >= 0.6 is 23.5 Å². The lowest BCUT2D eigenvalue weighted by atomic mass is 10.2. The summed E-state index contributed by atoms with van der Waals surface area (Å²) < 4.78 is 0.732. The van der Waals surface area contributed by atoms with Gasteiger partial charge in [-0.25, -0.2) is 0 Å². The number of hydrogen-bond acceptors (Lipinski definition) is 2. The Morgan fingerprint density at radius 3 is 2.27 bits per heavy atom. The third-order valence-electron chi connectivity index (χ3n) is 2.13. The molecule has 84 valence electrons. The fourth-order valence-corrected chi connectivity index (χ4v) is 3.99. The Morgan fingerprint density at radius 1 is 1.07 bits per heavy atom. The van der Waals surface area contributed by atoms with Gasteiger partial charge in [0.1, 0.15) is 0 Å². The monoisotopic (exact) mass is 240 g/mol. The van der Waals surface area contributed by atoms with Gasteiger partial charge in [0, 0.05) is 5.75 Å². The van der Waals surface area contributed by atoms with Gasteiger partial charge in [0.05, 0.1) is 4.58 Å². The summed E-state index contributed by atoms with van der Waals surface area (Å²) >= 11 is 4.14. The van der Waals surface area contributed by atoms with Gasteiger partial charge < -0.3 is 0 Å². The lowest BCUT2D eigenvalue weighted by Gasteiger charge is -2.19. The molecule has 0 spiro atoms. The van der Waals surface area contributed by atoms with E-state index < -0.39 is 0 Å². The van der Waals surface area contributed by atoms with E-state index in [1.165, 1.54) is 11.3 Å². The first-order valence-electron chi connectivity index (χ1n) is 5.51. The minimum atomic E-state index is 0.732. The van der Waals surface area contributed by atoms with E-state index in [0.29, 0.717) is 0 Å². The zero-order valence-corrected chi connectivity index (χ0v) is 11.4. The molecule has 0 bridgehead atoms. The van der Waals surface area contributed by atoms with Crippen molar-refractivity contribution < 1.29 is 0 Å². The molecule has 0 aromatic heterocycles. The van der Waals surface area contributed by atoms with Crippen molar-refractivity contribution in [3.63, 3.8) is 0 Å². The predicted molar refractivity (Wildman–Crippen MR) is 74.5 cm³/mol. The zero-order chi connectivity index (χ0) is 11.1. The summed E-state index contributed by atoms with van der Waals surface area (Å²) in [6, 6.07) is 10.7. The van der Waals surface area contributed by atoms with Crippen LogP contribution in [0.15, 0.2) is 30.3 Å². The molecule has 0 radical (unpaired) electrons. The van der Waals surface area contributed by atoms with Gasteiger partial charge in [-0.3, -0.25) is 0 Å². The van der Waals surface area contributed by atoms with E-state index in [9.17, 15) is 0 Å². The first-order valence-corrected chi connectivity index (χ1v) is 7.61. The first kappa shape index (κ1) is 13.0. The molecule has 0 aliphatic heterocycles. The van der Waals surface area contributed by atoms with Crippen LogP contribution in [0.25, 0.3) is 0 Å². The van der Waals surface area contributed by atoms with Crippen LogP contribution in [0.2, 0.25) is 0 Å². The van der Waals surface area contributed by atoms with Crippen LogP contribution in [-0.4, -0.2) is 10.3 Å². The topological polar surface area (TPSA) is 0 Å². The van der Waals surface area contributed by atoms with Crippen LogP contribution in [0.3, 0.4) is 0 Å². The molecule has 0 nitrogen and oxygen atoms in total. The second-order valence-corrected chi connectivity index (χ2v) is 6.71. The maximum Gasteiger partial charge on any atom is 0.0528 e. The standard InChI is InChI=1S/C13H20S2/c1-4-14-13(11(2)3)15-10-12-8-6-5-7-9-12/h5-9,11,13H,4,10H2,1-3H3. The van der Waals surface area contributed by atoms with Crippen molar-refractivity contribution in [2.45, 2.75) is 31.1 Å². The van der Waals surface area contributed by atoms with Crippen molar-refractivity contribution in [1.82, 2.24) is 0 Å². The van der Waals surface area contributed by atoms with Gasteiger partial charge in [-0.1, -0.05) is 51.1 Å². The Hall–Kier alpha value is -0.0800. The molecule has 0 heterocycles. The summed E-state index contributed by atoms with van der Waals surface area (Å²) in [6.45, 7) is 6.86. The van der Waals surface area contributed by atoms with Gasteiger partial charge >= 0.3 is 0 Å². The molecule has 0 N–H and O–H groups in total. The van der Waals surface area contributed by atoms with Gasteiger partial charge in [0.2, 0.25) is 0 Å². The van der Waals surface area contributed by atoms with Crippen molar-refractivity contribution in [2.75, 3.05) is 5.75 Å². The highest BCUT2D eigenvalue weighted by molar-refractivity contribution is 8.16. The molecule has 15 heavy (non-hydrogen) atoms. The van der Waals surface area contributed by atoms with Crippen LogP contribution in [0.1, 0.15) is 26.3 Å². The van der Waals surface area contributed by atoms with E-state index in [2.05, 4.69) is 74.6 Å². The molecule has 0 aliphatic carbocycles. The van der Waals surface area contributed by atoms with Gasteiger partial charge in [0.25, 0.3) is 0 Å². The van der Waals surface area contributed by atoms with E-state index in [4.69, 9.17) is 0 Å². The van der Waals surface area contributed by atoms with Gasteiger partial charge in [0.15, 0.2) is 0 Å². The van der Waals surface area contributed by atoms with Gasteiger partial charge in [-0.2, -0.15) is 0 Å². The SMILES string of the molecule is CCSC(SCc1ccccc1)C(C)C. The van der Waals surface area contributed by atoms with Crippen molar-refractivity contribution in [3.05, 3.63) is 35.9 Å². The van der Waals surface area contributed by atoms with Crippen molar-refractivity contribution in [3.8, 4) is 0 Å². The lowest BCUT2D eigenvalue weighted by molar-refractivity contribution is 0.720. The summed E-state index contributed by atoms with van der Waals surface area (Å²) in [5.41, 5.74) is 1.44. The lowest BCUT2D eigenvalue weighted by Crippen LogP contribution is -2.07. The highest BCUT2D eigenvalue weighted by atomic mass is 32.2. The Labute approximate surface area is 102 Å². The third kappa shape index (κ3) is 4.98. The summed E-state index contributed by atoms with van der Waals surface area (Å²) in [4.78, 5) is 0. The molecule has 2 heteroatoms. The molecule has 1 aromatic rings. The Kier molecular flexibility index (Phi) is 6.26. The van der Waals surface area contributed by atoms with Crippen molar-refractivity contribution in [2.24, 2.45) is 5.92 Å². The van der Waals surface area contributed by atoms with Crippen molar-refractivity contribution in [1.29, 1.82) is 0 Å². The second-order valence-electron chi connectivity index (χ2n) is 3.86. The van der Waals surface area contributed by atoms with Crippen LogP contribution in [0, 0.1) is 5.92 Å². The normalized spacial score (nSPS) is 13.1. The van der Waals surface area contributed by atoms with E-state index in [-0.39, 0.29) is 0 Å². The van der Waals surface area contributed by atoms with Crippen molar-refractivity contribution >= 4 is 23.5 Å². The summed E-state index contributed by atoms with van der Waals surface area (Å²) in [5.74, 6) is 3.10. The van der Waals surface area contributed by atoms with E-state index in [0.717, 1.165) is 16.3 Å². The van der Waals surface area contributed by atoms with Crippen LogP contribution in [-0.2, 0) is 5.75 Å². The maximum absolute atomic E-state index is 2.31. The zero-order valence-electron chi connectivity index (χ0n) is 9.77. The fourth-order valence-electron chi connectivity index (χ4n) is 1.35. The highest BCUT2D eigenvalue weighted by Gasteiger charge is 2.13. The molecule has 1 rings (SSSR count). The molecular formula is C13H20S2. The van der Waals surface area contributed by atoms with Crippen LogP contribution in [0.5, 0.6) is 0 Å². The van der Waals surface area contributed by atoms with Gasteiger partial charge in [-0.05, 0) is 17.2 Å². The maximum atomic E-state index is 2.31. The number of hydrogen-bond donors (Lipinski definition) is 0. The van der Waals surface area contributed by atoms with Gasteiger partial charge in [-0.15, -0.1) is 23.5 Å². The van der Waals surface area contributed by atoms with Crippen LogP contribution in [0.4, 0.5) is 0 Å². The average molecular weight is 240 g/mol. The third-order valence-corrected chi connectivity index (χ3v) is 5.53. The Morgan fingerprint density at radius 2 is 1.73 bits per heavy atom. The molecule has 1 unspecified atom stereocenters. The predicted octanol–water partition coefficient (Wildman–Crippen LogP) is 4.66. The quantitative estimate of drug-likeness (QED) is 0.664. The fraction of sp³-hybridized carbons (Fsp3) is 0.538. The molecule has 0 saturated carbocycles. The summed E-state index contributed by atoms with van der Waals surface area (Å²) in [7, 11) is 0. The first-order chi connectivity index (χ1) is 7.24. The molecule has 0 amide bonds. The number of benzene rings is 1. The second kappa shape index (κ2) is 7.24. The summed E-state index contributed by atoms with van der Waals surface area (Å²) in [5, 5.41) is 0. The van der Waals surface area contributed by atoms with Crippen LogP contribution < -0.4 is 0 Å². The highest BCUT2D eigenvalue weighted by Crippen LogP contribution is 2.32. The molecule has 0 fully saturated rings. The van der Waals surface area contributed by atoms with E-state index in [1.807, 2.05) is 0 Å². The molecule has 1 atom stereocenters. The Balaban J connectivity index is 2.40. The Bertz CT molecular complexity index is 256. The number of rotatable bonds is 6. The molecule has 1 aromatic carbocycles. The number of thioether (sulfide) groups is 2. The molecule has 0 aliphatic rings. The van der Waals surface area contributed by atoms with E-state index >= 15 is 0 Å². The largest absolute Gasteiger partial charge is 0.148 e. The minimum Gasteiger partial charge on any atom is -0.148 e. The molecular weight excluding hydrogens is 220 g/mol.